The monoisotopic (exact) mass is 296 g/mol. The van der Waals surface area contributed by atoms with Crippen molar-refractivity contribution in [3.8, 4) is 11.5 Å². The van der Waals surface area contributed by atoms with Crippen LogP contribution in [0.1, 0.15) is 5.56 Å². The van der Waals surface area contributed by atoms with Crippen LogP contribution >= 0.6 is 23.5 Å². The zero-order chi connectivity index (χ0) is 13.8. The normalized spacial score (nSPS) is 10.5. The first-order valence-electron chi connectivity index (χ1n) is 5.49. The number of hydrogen-bond acceptors (Lipinski definition) is 5. The van der Waals surface area contributed by atoms with Gasteiger partial charge in [0.25, 0.3) is 0 Å². The Bertz CT molecular complexity index is 593. The van der Waals surface area contributed by atoms with Crippen LogP contribution in [0.4, 0.5) is 5.69 Å². The number of rotatable bonds is 4. The Labute approximate surface area is 120 Å². The summed E-state index contributed by atoms with van der Waals surface area (Å²) in [5, 5.41) is 9.19. The Morgan fingerprint density at radius 1 is 1.21 bits per heavy atom. The average molecular weight is 297 g/mol. The number of aryl methyl sites for hydroxylation is 1. The lowest BCUT2D eigenvalue weighted by Crippen LogP contribution is -1.95. The fraction of sp³-hybridized carbons (Fsp3) is 0.0769. The quantitative estimate of drug-likeness (QED) is 0.452. The fourth-order valence-corrected chi connectivity index (χ4v) is 2.21. The number of nitrogens with one attached hydrogen (secondary N) is 1. The minimum Gasteiger partial charge on any atom is -0.454 e. The van der Waals surface area contributed by atoms with Crippen molar-refractivity contribution in [3.05, 3.63) is 47.0 Å². The molecule has 6 heteroatoms. The Morgan fingerprint density at radius 2 is 2.00 bits per heavy atom. The molecule has 0 aromatic heterocycles. The molecule has 0 aliphatic carbocycles. The van der Waals surface area contributed by atoms with E-state index in [9.17, 15) is 0 Å². The molecule has 0 fully saturated rings. The summed E-state index contributed by atoms with van der Waals surface area (Å²) in [6, 6.07) is 10.7. The van der Waals surface area contributed by atoms with Gasteiger partial charge in [0.15, 0.2) is 5.75 Å². The third kappa shape index (κ3) is 3.54. The number of nitrogen functional groups attached to an aromatic ring is 1. The second-order valence-electron chi connectivity index (χ2n) is 3.93. The first-order chi connectivity index (χ1) is 9.10. The van der Waals surface area contributed by atoms with Crippen molar-refractivity contribution in [2.24, 2.45) is 0 Å². The largest absolute Gasteiger partial charge is 0.454 e. The Kier molecular flexibility index (Phi) is 4.55. The van der Waals surface area contributed by atoms with Gasteiger partial charge in [0.05, 0.1) is 10.7 Å². The molecule has 0 spiro atoms. The zero-order valence-electron chi connectivity index (χ0n) is 10.2. The van der Waals surface area contributed by atoms with E-state index < -0.39 is 0 Å². The highest BCUT2D eigenvalue weighted by molar-refractivity contribution is 7.97. The SMILES string of the molecule is Cc1ccc(Oc2cc(SNO)ccc2N)c(Cl)c1. The third-order valence-corrected chi connectivity index (χ3v) is 3.33. The summed E-state index contributed by atoms with van der Waals surface area (Å²) >= 11 is 7.16. The topological polar surface area (TPSA) is 67.5 Å². The Balaban J connectivity index is 2.29. The summed E-state index contributed by atoms with van der Waals surface area (Å²) in [7, 11) is 0. The molecule has 0 atom stereocenters. The van der Waals surface area contributed by atoms with E-state index in [1.54, 1.807) is 24.3 Å². The lowest BCUT2D eigenvalue weighted by Gasteiger charge is -2.11. The number of halogens is 1. The molecule has 0 saturated carbocycles. The van der Waals surface area contributed by atoms with E-state index in [1.165, 1.54) is 0 Å². The van der Waals surface area contributed by atoms with Crippen molar-refractivity contribution in [2.75, 3.05) is 5.73 Å². The van der Waals surface area contributed by atoms with Gasteiger partial charge in [0.2, 0.25) is 0 Å². The van der Waals surface area contributed by atoms with E-state index in [-0.39, 0.29) is 0 Å². The molecule has 100 valence electrons. The molecule has 0 bridgehead atoms. The molecule has 0 saturated heterocycles. The van der Waals surface area contributed by atoms with E-state index in [0.717, 1.165) is 22.4 Å². The second kappa shape index (κ2) is 6.16. The first kappa shape index (κ1) is 14.0. The van der Waals surface area contributed by atoms with Crippen LogP contribution in [0.2, 0.25) is 5.02 Å². The van der Waals surface area contributed by atoms with Crippen LogP contribution in [0.3, 0.4) is 0 Å². The molecule has 0 radical (unpaired) electrons. The summed E-state index contributed by atoms with van der Waals surface area (Å²) in [6.45, 7) is 1.95. The predicted molar refractivity (Wildman–Crippen MR) is 77.9 cm³/mol. The molecule has 0 heterocycles. The van der Waals surface area contributed by atoms with Crippen molar-refractivity contribution in [1.29, 1.82) is 0 Å². The predicted octanol–water partition coefficient (Wildman–Crippen LogP) is 4.01. The number of hydrogen-bond donors (Lipinski definition) is 3. The van der Waals surface area contributed by atoms with Gasteiger partial charge in [-0.05, 0) is 54.8 Å². The molecule has 4 nitrogen and oxygen atoms in total. The molecule has 2 rings (SSSR count). The number of anilines is 1. The molecule has 2 aromatic carbocycles. The maximum absolute atomic E-state index is 8.66. The smallest absolute Gasteiger partial charge is 0.151 e. The van der Waals surface area contributed by atoms with Gasteiger partial charge in [0, 0.05) is 4.90 Å². The van der Waals surface area contributed by atoms with Crippen LogP contribution in [0.25, 0.3) is 0 Å². The fourth-order valence-electron chi connectivity index (χ4n) is 1.53. The molecule has 4 N–H and O–H groups in total. The third-order valence-electron chi connectivity index (χ3n) is 2.46. The first-order valence-corrected chi connectivity index (χ1v) is 6.69. The van der Waals surface area contributed by atoms with Gasteiger partial charge in [-0.3, -0.25) is 0 Å². The van der Waals surface area contributed by atoms with Crippen LogP contribution < -0.4 is 15.4 Å². The summed E-state index contributed by atoms with van der Waals surface area (Å²) in [6.07, 6.45) is 0. The highest BCUT2D eigenvalue weighted by Gasteiger charge is 2.07. The van der Waals surface area contributed by atoms with Gasteiger partial charge in [-0.25, -0.2) is 0 Å². The second-order valence-corrected chi connectivity index (χ2v) is 5.19. The van der Waals surface area contributed by atoms with Crippen LogP contribution in [-0.2, 0) is 0 Å². The van der Waals surface area contributed by atoms with Crippen LogP contribution in [0, 0.1) is 6.92 Å². The van der Waals surface area contributed by atoms with Crippen LogP contribution in [0.5, 0.6) is 11.5 Å². The number of nitrogens with two attached hydrogens (primary N) is 1. The highest BCUT2D eigenvalue weighted by Crippen LogP contribution is 2.34. The van der Waals surface area contributed by atoms with Crippen molar-refractivity contribution in [1.82, 2.24) is 4.89 Å². The highest BCUT2D eigenvalue weighted by atomic mass is 35.5. The molecule has 0 aliphatic rings. The van der Waals surface area contributed by atoms with Crippen molar-refractivity contribution >= 4 is 29.2 Å². The van der Waals surface area contributed by atoms with Crippen LogP contribution in [-0.4, -0.2) is 5.21 Å². The minimum absolute atomic E-state index is 0.492. The molecule has 19 heavy (non-hydrogen) atoms. The Morgan fingerprint density at radius 3 is 2.68 bits per heavy atom. The number of ether oxygens (including phenoxy) is 1. The average Bonchev–Trinajstić information content (AvgIpc) is 2.37. The molecular formula is C13H13ClN2O2S. The van der Waals surface area contributed by atoms with Crippen molar-refractivity contribution in [2.45, 2.75) is 11.8 Å². The molecule has 0 amide bonds. The van der Waals surface area contributed by atoms with Gasteiger partial charge in [-0.1, -0.05) is 17.7 Å². The summed E-state index contributed by atoms with van der Waals surface area (Å²) in [4.78, 5) is 2.78. The minimum atomic E-state index is 0.492. The van der Waals surface area contributed by atoms with E-state index in [1.807, 2.05) is 23.9 Å². The molecule has 2 aromatic rings. The van der Waals surface area contributed by atoms with E-state index in [2.05, 4.69) is 0 Å². The van der Waals surface area contributed by atoms with Gasteiger partial charge in [0.1, 0.15) is 5.75 Å². The lowest BCUT2D eigenvalue weighted by molar-refractivity contribution is 0.258. The lowest BCUT2D eigenvalue weighted by atomic mass is 10.2. The Hall–Kier alpha value is -1.40. The summed E-state index contributed by atoms with van der Waals surface area (Å²) in [5.74, 6) is 1.03. The van der Waals surface area contributed by atoms with E-state index in [0.29, 0.717) is 22.2 Å². The number of benzene rings is 2. The summed E-state index contributed by atoms with van der Waals surface area (Å²) < 4.78 is 5.70. The molecule has 0 unspecified atom stereocenters. The van der Waals surface area contributed by atoms with Crippen molar-refractivity contribution in [3.63, 3.8) is 0 Å². The maximum atomic E-state index is 8.66. The molecular weight excluding hydrogens is 284 g/mol. The standard InChI is InChI=1S/C13H13ClN2O2S/c1-8-2-5-12(10(14)6-8)18-13-7-9(19-16-17)3-4-11(13)15/h2-7,16-17H,15H2,1H3. The van der Waals surface area contributed by atoms with Crippen LogP contribution in [0.15, 0.2) is 41.3 Å². The van der Waals surface area contributed by atoms with E-state index >= 15 is 0 Å². The van der Waals surface area contributed by atoms with E-state index in [4.69, 9.17) is 27.3 Å². The maximum Gasteiger partial charge on any atom is 0.151 e. The van der Waals surface area contributed by atoms with Gasteiger partial charge in [-0.2, -0.15) is 0 Å². The summed E-state index contributed by atoms with van der Waals surface area (Å²) in [5.41, 5.74) is 7.41. The van der Waals surface area contributed by atoms with Crippen molar-refractivity contribution < 1.29 is 9.94 Å². The van der Waals surface area contributed by atoms with Gasteiger partial charge >= 0.3 is 0 Å². The zero-order valence-corrected chi connectivity index (χ0v) is 11.8. The molecule has 0 aliphatic heterocycles. The van der Waals surface area contributed by atoms with Gasteiger partial charge < -0.3 is 15.7 Å². The van der Waals surface area contributed by atoms with Gasteiger partial charge in [-0.15, -0.1) is 4.89 Å².